The number of fused-ring (bicyclic) bond motifs is 5. The Morgan fingerprint density at radius 3 is 2.56 bits per heavy atom. The minimum atomic E-state index is -0.302. The Bertz CT molecular complexity index is 607. The number of hydrogen-bond donors (Lipinski definition) is 1. The van der Waals surface area contributed by atoms with Crippen LogP contribution in [0.15, 0.2) is 36.4 Å². The summed E-state index contributed by atoms with van der Waals surface area (Å²) in [7, 11) is 0. The molecule has 1 saturated heterocycles. The highest BCUT2D eigenvalue weighted by Crippen LogP contribution is 2.54. The number of rotatable bonds is 7. The molecule has 0 radical (unpaired) electrons. The maximum Gasteiger partial charge on any atom is 0.130 e. The zero-order valence-electron chi connectivity index (χ0n) is 15.8. The first-order chi connectivity index (χ1) is 12.2. The van der Waals surface area contributed by atoms with Crippen molar-refractivity contribution in [3.63, 3.8) is 0 Å². The van der Waals surface area contributed by atoms with Crippen LogP contribution in [0.3, 0.4) is 0 Å². The normalized spacial score (nSPS) is 33.9. The number of hydrogen-bond acceptors (Lipinski definition) is 2. The maximum atomic E-state index is 10.9. The fourth-order valence-electron chi connectivity index (χ4n) is 5.56. The van der Waals surface area contributed by atoms with E-state index in [2.05, 4.69) is 55.2 Å². The van der Waals surface area contributed by atoms with Crippen LogP contribution < -0.4 is 4.90 Å². The number of aliphatic hydroxyl groups excluding tert-OH is 1. The molecule has 2 aliphatic carbocycles. The van der Waals surface area contributed by atoms with Crippen LogP contribution in [0.5, 0.6) is 0 Å². The minimum absolute atomic E-state index is 0.302. The third-order valence-electron chi connectivity index (χ3n) is 7.10. The van der Waals surface area contributed by atoms with Gasteiger partial charge in [-0.05, 0) is 54.2 Å². The van der Waals surface area contributed by atoms with Crippen molar-refractivity contribution < 1.29 is 5.11 Å². The van der Waals surface area contributed by atoms with E-state index in [1.807, 2.05) is 0 Å². The average Bonchev–Trinajstić information content (AvgIpc) is 3.33. The van der Waals surface area contributed by atoms with Gasteiger partial charge in [0.1, 0.15) is 6.23 Å². The second-order valence-corrected chi connectivity index (χ2v) is 8.54. The lowest BCUT2D eigenvalue weighted by atomic mass is 9.85. The molecule has 1 N–H and O–H groups in total. The summed E-state index contributed by atoms with van der Waals surface area (Å²) < 4.78 is 0. The topological polar surface area (TPSA) is 23.5 Å². The Morgan fingerprint density at radius 1 is 1.12 bits per heavy atom. The van der Waals surface area contributed by atoms with E-state index in [0.29, 0.717) is 23.7 Å². The van der Waals surface area contributed by atoms with E-state index >= 15 is 0 Å². The van der Waals surface area contributed by atoms with Crippen LogP contribution in [-0.2, 0) is 6.42 Å². The molecule has 0 aromatic heterocycles. The molecule has 136 valence electrons. The van der Waals surface area contributed by atoms with Gasteiger partial charge in [-0.2, -0.15) is 0 Å². The number of unbranched alkanes of at least 4 members (excludes halogenated alkanes) is 1. The molecule has 2 bridgehead atoms. The predicted octanol–water partition coefficient (Wildman–Crippen LogP) is 5.02. The first-order valence-corrected chi connectivity index (χ1v) is 10.4. The van der Waals surface area contributed by atoms with Gasteiger partial charge in [-0.15, -0.1) is 0 Å². The summed E-state index contributed by atoms with van der Waals surface area (Å²) in [5.74, 6) is 3.23. The SMILES string of the molecule is CCCCC(CC)Cc1ccc(N2CC3C4C=CC(C4)C3C2O)cc1. The van der Waals surface area contributed by atoms with Gasteiger partial charge in [0.15, 0.2) is 0 Å². The lowest BCUT2D eigenvalue weighted by molar-refractivity contribution is 0.109. The first kappa shape index (κ1) is 17.1. The highest BCUT2D eigenvalue weighted by atomic mass is 16.3. The molecule has 2 heteroatoms. The van der Waals surface area contributed by atoms with Crippen molar-refractivity contribution >= 4 is 5.69 Å². The molecule has 1 aliphatic heterocycles. The monoisotopic (exact) mass is 339 g/mol. The van der Waals surface area contributed by atoms with Crippen LogP contribution in [0.2, 0.25) is 0 Å². The second-order valence-electron chi connectivity index (χ2n) is 8.54. The zero-order chi connectivity index (χ0) is 17.4. The smallest absolute Gasteiger partial charge is 0.130 e. The molecule has 2 nitrogen and oxygen atoms in total. The van der Waals surface area contributed by atoms with E-state index in [4.69, 9.17) is 0 Å². The summed E-state index contributed by atoms with van der Waals surface area (Å²) in [4.78, 5) is 2.25. The van der Waals surface area contributed by atoms with Crippen LogP contribution in [0.1, 0.15) is 51.5 Å². The van der Waals surface area contributed by atoms with Crippen LogP contribution in [0, 0.1) is 29.6 Å². The predicted molar refractivity (Wildman–Crippen MR) is 105 cm³/mol. The van der Waals surface area contributed by atoms with Gasteiger partial charge in [0.2, 0.25) is 0 Å². The summed E-state index contributed by atoms with van der Waals surface area (Å²) >= 11 is 0. The summed E-state index contributed by atoms with van der Waals surface area (Å²) in [6.45, 7) is 5.61. The van der Waals surface area contributed by atoms with E-state index in [9.17, 15) is 5.11 Å². The molecule has 25 heavy (non-hydrogen) atoms. The summed E-state index contributed by atoms with van der Waals surface area (Å²) in [5.41, 5.74) is 2.65. The minimum Gasteiger partial charge on any atom is -0.373 e. The number of benzene rings is 1. The van der Waals surface area contributed by atoms with Crippen LogP contribution in [0.25, 0.3) is 0 Å². The molecule has 1 aromatic rings. The quantitative estimate of drug-likeness (QED) is 0.705. The third-order valence-corrected chi connectivity index (χ3v) is 7.10. The summed E-state index contributed by atoms with van der Waals surface area (Å²) in [5, 5.41) is 10.9. The number of aliphatic hydroxyl groups is 1. The number of allylic oxidation sites excluding steroid dienone is 2. The molecule has 1 saturated carbocycles. The van der Waals surface area contributed by atoms with E-state index in [1.54, 1.807) is 0 Å². The highest BCUT2D eigenvalue weighted by molar-refractivity contribution is 5.50. The van der Waals surface area contributed by atoms with Crippen molar-refractivity contribution in [1.82, 2.24) is 0 Å². The zero-order valence-corrected chi connectivity index (χ0v) is 15.8. The first-order valence-electron chi connectivity index (χ1n) is 10.4. The van der Waals surface area contributed by atoms with Crippen LogP contribution in [-0.4, -0.2) is 17.9 Å². The Kier molecular flexibility index (Phi) is 4.90. The van der Waals surface area contributed by atoms with Crippen molar-refractivity contribution in [2.75, 3.05) is 11.4 Å². The molecular formula is C23H33NO. The van der Waals surface area contributed by atoms with Crippen molar-refractivity contribution in [1.29, 1.82) is 0 Å². The summed E-state index contributed by atoms with van der Waals surface area (Å²) in [6, 6.07) is 9.05. The number of nitrogens with zero attached hydrogens (tertiary/aromatic N) is 1. The number of anilines is 1. The Morgan fingerprint density at radius 2 is 1.88 bits per heavy atom. The van der Waals surface area contributed by atoms with Gasteiger partial charge in [-0.1, -0.05) is 63.8 Å². The van der Waals surface area contributed by atoms with Gasteiger partial charge in [-0.3, -0.25) is 0 Å². The molecule has 2 fully saturated rings. The highest BCUT2D eigenvalue weighted by Gasteiger charge is 2.53. The fraction of sp³-hybridized carbons (Fsp3) is 0.652. The van der Waals surface area contributed by atoms with Crippen LogP contribution in [0.4, 0.5) is 5.69 Å². The van der Waals surface area contributed by atoms with Gasteiger partial charge in [0.25, 0.3) is 0 Å². The van der Waals surface area contributed by atoms with E-state index < -0.39 is 0 Å². The van der Waals surface area contributed by atoms with Gasteiger partial charge in [0.05, 0.1) is 0 Å². The van der Waals surface area contributed by atoms with E-state index in [0.717, 1.165) is 12.5 Å². The molecule has 3 aliphatic rings. The van der Waals surface area contributed by atoms with Crippen molar-refractivity contribution in [3.05, 3.63) is 42.0 Å². The second kappa shape index (κ2) is 7.15. The standard InChI is InChI=1S/C23H33NO/c1-3-5-6-16(4-2)13-17-7-11-20(12-8-17)24-15-21-18-9-10-19(14-18)22(21)23(24)25/h7-12,16,18-19,21-23,25H,3-6,13-15H2,1-2H3. The maximum absolute atomic E-state index is 10.9. The van der Waals surface area contributed by atoms with Gasteiger partial charge < -0.3 is 10.0 Å². The molecular weight excluding hydrogens is 306 g/mol. The Labute approximate surface area is 152 Å². The summed E-state index contributed by atoms with van der Waals surface area (Å²) in [6.07, 6.45) is 12.2. The largest absolute Gasteiger partial charge is 0.373 e. The molecule has 6 atom stereocenters. The van der Waals surface area contributed by atoms with E-state index in [-0.39, 0.29) is 6.23 Å². The van der Waals surface area contributed by atoms with E-state index in [1.165, 1.54) is 49.8 Å². The van der Waals surface area contributed by atoms with Gasteiger partial charge in [-0.25, -0.2) is 0 Å². The lowest BCUT2D eigenvalue weighted by Gasteiger charge is -2.27. The molecule has 1 aromatic carbocycles. The van der Waals surface area contributed by atoms with Gasteiger partial charge >= 0.3 is 0 Å². The van der Waals surface area contributed by atoms with Crippen molar-refractivity contribution in [2.45, 2.75) is 58.6 Å². The molecule has 6 unspecified atom stereocenters. The molecule has 0 spiro atoms. The fourth-order valence-corrected chi connectivity index (χ4v) is 5.56. The van der Waals surface area contributed by atoms with Gasteiger partial charge in [0, 0.05) is 18.2 Å². The van der Waals surface area contributed by atoms with Crippen molar-refractivity contribution in [2.24, 2.45) is 29.6 Å². The average molecular weight is 340 g/mol. The van der Waals surface area contributed by atoms with Crippen LogP contribution >= 0.6 is 0 Å². The third kappa shape index (κ3) is 3.14. The Balaban J connectivity index is 1.41. The lowest BCUT2D eigenvalue weighted by Crippen LogP contribution is -2.34. The Hall–Kier alpha value is -1.28. The molecule has 0 amide bonds. The molecule has 4 rings (SSSR count). The van der Waals surface area contributed by atoms with Crippen molar-refractivity contribution in [3.8, 4) is 0 Å². The molecule has 1 heterocycles.